The Morgan fingerprint density at radius 1 is 0.459 bits per heavy atom. The molecule has 0 saturated carbocycles. The Morgan fingerprint density at radius 2 is 0.770 bits per heavy atom. The number of likely N-dealkylation sites (tertiary alicyclic amines) is 4. The summed E-state index contributed by atoms with van der Waals surface area (Å²) in [6, 6.07) is 67.1. The second-order valence-electron chi connectivity index (χ2n) is 34.3. The molecular formula is C109H124B7Cl2KN8NaO7. The number of unbranched alkanes of at least 4 members (excludes halogenated alkanes) is 2. The van der Waals surface area contributed by atoms with E-state index in [1.54, 1.807) is 10.8 Å². The predicted molar refractivity (Wildman–Crippen MR) is 559 cm³/mol. The monoisotopic (exact) mass is 1870 g/mol. The van der Waals surface area contributed by atoms with E-state index in [1.165, 1.54) is 65.6 Å². The first-order chi connectivity index (χ1) is 63.9. The Labute approximate surface area is 884 Å². The van der Waals surface area contributed by atoms with Crippen molar-refractivity contribution in [1.29, 1.82) is 0 Å². The summed E-state index contributed by atoms with van der Waals surface area (Å²) >= 11 is 10.0. The van der Waals surface area contributed by atoms with Crippen LogP contribution in [0, 0.1) is 51.4 Å². The van der Waals surface area contributed by atoms with E-state index in [0.29, 0.717) is 23.7 Å². The first-order valence-corrected chi connectivity index (χ1v) is 47.2. The van der Waals surface area contributed by atoms with Crippen molar-refractivity contribution >= 4 is 152 Å². The minimum atomic E-state index is -0.537. The number of fused-ring (bicyclic) bond motifs is 4. The number of halogens is 2. The Balaban J connectivity index is 0.000000293. The molecule has 4 saturated heterocycles. The van der Waals surface area contributed by atoms with Crippen molar-refractivity contribution in [3.8, 4) is 0 Å². The van der Waals surface area contributed by atoms with Gasteiger partial charge in [-0.15, -0.1) is 11.6 Å². The predicted octanol–water partition coefficient (Wildman–Crippen LogP) is 15.7. The van der Waals surface area contributed by atoms with Gasteiger partial charge in [0.05, 0.1) is 5.52 Å². The molecule has 8 aromatic carbocycles. The molecule has 12 aromatic rings. The zero-order valence-corrected chi connectivity index (χ0v) is 87.0. The molecular weight excluding hydrogens is 1740 g/mol. The number of hydrogen-bond donors (Lipinski definition) is 2. The average molecular weight is 1870 g/mol. The molecule has 3 N–H and O–H groups in total. The number of alkyl halides is 1. The topological polar surface area (TPSA) is 187 Å². The fourth-order valence-electron chi connectivity index (χ4n) is 17.0. The number of aromatic nitrogens is 4. The first kappa shape index (κ1) is 115. The van der Waals surface area contributed by atoms with Gasteiger partial charge in [0.25, 0.3) is 29.5 Å². The van der Waals surface area contributed by atoms with Gasteiger partial charge in [0.2, 0.25) is 5.24 Å². The van der Waals surface area contributed by atoms with Crippen molar-refractivity contribution in [3.63, 3.8) is 0 Å². The number of piperidine rings is 4. The van der Waals surface area contributed by atoms with Crippen molar-refractivity contribution in [2.75, 3.05) is 58.2 Å². The molecule has 8 heterocycles. The van der Waals surface area contributed by atoms with Gasteiger partial charge in [0, 0.05) is 201 Å². The maximum atomic E-state index is 13.2. The molecule has 4 fully saturated rings. The fourth-order valence-corrected chi connectivity index (χ4v) is 17.3. The molecule has 0 spiro atoms. The molecule has 135 heavy (non-hydrogen) atoms. The summed E-state index contributed by atoms with van der Waals surface area (Å²) in [5, 5.41) is 3.77. The molecule has 9 radical (unpaired) electrons. The van der Waals surface area contributed by atoms with Gasteiger partial charge in [-0.3, -0.25) is 33.3 Å². The van der Waals surface area contributed by atoms with E-state index in [4.69, 9.17) is 54.2 Å². The number of H-pyrrole nitrogens is 2. The number of carbonyl (C=O) groups excluding carboxylic acids is 6. The maximum Gasteiger partial charge on any atom is 1.00 e. The number of allylic oxidation sites excluding steroid dienone is 2. The fraction of sp³-hybridized carbons (Fsp3) is 0.330. The number of aryl methyl sites for hydroxylation is 5. The number of carbonyl (C=O) groups is 6. The van der Waals surface area contributed by atoms with Crippen LogP contribution in [0.4, 0.5) is 0 Å². The minimum Gasteiger partial charge on any atom is -1.00 e. The molecule has 15 nitrogen and oxygen atoms in total. The van der Waals surface area contributed by atoms with Gasteiger partial charge >= 0.3 is 80.9 Å². The van der Waals surface area contributed by atoms with Crippen molar-refractivity contribution in [2.45, 2.75) is 151 Å². The summed E-state index contributed by atoms with van der Waals surface area (Å²) < 4.78 is 3.88. The SMILES string of the molecule is C=C=C=C=C=C=C.C=CC(=O)Cl.C=CC(=O)n1ccc2cc(C(=O)N3CCC(Cc4ccccc4)CC3)c(C)cc21.CCCCCl.CCCCn1ccc2cc(C(=O)N3CCC(Cc4ccccc4)CC3)c(C)cc21.Cc1cc2[nH]ccc2cc1C(=O)N1CCC(Cc2ccccc2)CC1.Cc1cc2[nH]ccc2cc1C(=O)N1CCC(Cc2ccccc2)CC1.[B][B]B([B])B([B])[B].[H-].[K+].[Na+].[OH-]. The Bertz CT molecular complexity index is 5790. The summed E-state index contributed by atoms with van der Waals surface area (Å²) in [6.45, 7) is 33.3. The van der Waals surface area contributed by atoms with Crippen molar-refractivity contribution in [1.82, 2.24) is 38.7 Å². The molecule has 0 aliphatic carbocycles. The number of aromatic amines is 2. The van der Waals surface area contributed by atoms with Gasteiger partial charge in [-0.1, -0.05) is 173 Å². The number of rotatable bonds is 21. The van der Waals surface area contributed by atoms with Gasteiger partial charge < -0.3 is 41.0 Å². The molecule has 26 heteroatoms. The Kier molecular flexibility index (Phi) is 52.0. The smallest absolute Gasteiger partial charge is 1.00 e. The second-order valence-corrected chi connectivity index (χ2v) is 35.1. The van der Waals surface area contributed by atoms with Crippen LogP contribution in [-0.2, 0) is 37.0 Å². The minimum absolute atomic E-state index is 0. The summed E-state index contributed by atoms with van der Waals surface area (Å²) in [4.78, 5) is 88.3. The van der Waals surface area contributed by atoms with E-state index in [-0.39, 0.29) is 124 Å². The third-order valence-corrected chi connectivity index (χ3v) is 25.1. The number of nitrogens with zero attached hydrogens (tertiary/aromatic N) is 6. The number of benzene rings is 8. The van der Waals surface area contributed by atoms with Crippen LogP contribution in [-0.4, -0.2) is 188 Å². The average Bonchev–Trinajstić information content (AvgIpc) is 1.62. The number of amides is 4. The van der Waals surface area contributed by atoms with Gasteiger partial charge in [-0.05, 0) is 313 Å². The molecule has 0 atom stereocenters. The van der Waals surface area contributed by atoms with Crippen LogP contribution in [0.25, 0.3) is 43.6 Å². The normalized spacial score (nSPS) is 13.4. The van der Waals surface area contributed by atoms with Crippen LogP contribution < -0.4 is 80.9 Å². The molecule has 0 unspecified atom stereocenters. The van der Waals surface area contributed by atoms with Gasteiger partial charge in [-0.25, -0.2) is 0 Å². The molecule has 4 aromatic heterocycles. The van der Waals surface area contributed by atoms with E-state index in [1.807, 2.05) is 96.4 Å². The largest absolute Gasteiger partial charge is 1.00 e. The van der Waals surface area contributed by atoms with Crippen LogP contribution in [0.5, 0.6) is 0 Å². The summed E-state index contributed by atoms with van der Waals surface area (Å²) in [5.41, 5.74) is 29.2. The number of hydrogen-bond acceptors (Lipinski definition) is 7. The summed E-state index contributed by atoms with van der Waals surface area (Å²) in [6.07, 6.45) is 27.0. The Morgan fingerprint density at radius 3 is 1.05 bits per heavy atom. The van der Waals surface area contributed by atoms with Crippen LogP contribution in [0.15, 0.2) is 286 Å². The first-order valence-electron chi connectivity index (χ1n) is 46.3. The molecule has 4 aliphatic heterocycles. The zero-order chi connectivity index (χ0) is 94.9. The maximum absolute atomic E-state index is 13.2. The standard InChI is InChI=1S/C26H32N2O.C25H26N2O2.2C22H24N2O.C7H4.C4H9Cl.C3H3ClO.B7.K.Na.H2O.H/c1-3-4-13-27-16-12-23-19-24(20(2)17-25(23)27)26(29)28-14-10-22(11-15-28)18-21-8-6-5-7-9-21;1-3-24(28)27-14-11-21-17-22(18(2)15-23(21)27)25(29)26-12-9-20(10-13-26)16-19-7-5-4-6-8-19;2*1-16-13-21-19(7-10-23-21)15-20(16)22(25)24-11-8-18(9-12-24)14-17-5-3-2-4-6-17;1-3-5-7-6-4-2;1-2-3-4-5;1-2-3(4)5;1-5-7(4)6(2)3;;;;/h5-9,12,16-17,19,22H,3-4,10-11,13-15,18H2,1-2H3;3-8,11,14-15,17,20H,1,9-10,12-13,16H2,2H3;2*2-7,10,13,15,18,23H,8-9,11-12,14H2,1H3;1-2H2;2-4H2,1H3;2H,1H2;;;;1H2;/q;;;;;;;;2*+1;;-1/p-1. The van der Waals surface area contributed by atoms with Crippen molar-refractivity contribution < 1.29 is 117 Å². The van der Waals surface area contributed by atoms with Gasteiger partial charge in [0.1, 0.15) is 0 Å². The molecule has 16 rings (SSSR count). The van der Waals surface area contributed by atoms with Crippen molar-refractivity contribution in [2.24, 2.45) is 23.7 Å². The summed E-state index contributed by atoms with van der Waals surface area (Å²) in [7, 11) is 21.6. The zero-order valence-electron chi connectivity index (χ0n) is 81.3. The third kappa shape index (κ3) is 36.0. The molecule has 679 valence electrons. The molecule has 4 aliphatic rings. The molecule has 4 amide bonds. The van der Waals surface area contributed by atoms with E-state index in [0.717, 1.165) is 232 Å². The molecule has 0 bridgehead atoms. The van der Waals surface area contributed by atoms with Crippen molar-refractivity contribution in [3.05, 3.63) is 353 Å². The van der Waals surface area contributed by atoms with Gasteiger partial charge in [-0.2, -0.15) is 0 Å². The van der Waals surface area contributed by atoms with Crippen LogP contribution in [0.1, 0.15) is 183 Å². The van der Waals surface area contributed by atoms with Crippen LogP contribution >= 0.6 is 23.2 Å². The Hall–Kier alpha value is -9.11. The van der Waals surface area contributed by atoms with E-state index >= 15 is 0 Å². The van der Waals surface area contributed by atoms with Crippen LogP contribution in [0.3, 0.4) is 0 Å². The van der Waals surface area contributed by atoms with E-state index < -0.39 is 11.6 Å². The summed E-state index contributed by atoms with van der Waals surface area (Å²) in [5.74, 6) is 3.96. The van der Waals surface area contributed by atoms with Gasteiger partial charge in [0.15, 0.2) is 0 Å². The van der Waals surface area contributed by atoms with Crippen LogP contribution in [0.2, 0.25) is 0 Å². The quantitative estimate of drug-likeness (QED) is 0.0235. The third-order valence-electron chi connectivity index (χ3n) is 24.7. The number of nitrogens with one attached hydrogen (secondary N) is 2. The van der Waals surface area contributed by atoms with E-state index in [2.05, 4.69) is 247 Å². The second kappa shape index (κ2) is 61.3. The van der Waals surface area contributed by atoms with E-state index in [9.17, 15) is 28.8 Å².